The third kappa shape index (κ3) is 6.10. The van der Waals surface area contributed by atoms with E-state index in [1.165, 1.54) is 19.2 Å². The van der Waals surface area contributed by atoms with Crippen LogP contribution in [0.15, 0.2) is 60.7 Å². The van der Waals surface area contributed by atoms with Crippen molar-refractivity contribution in [2.75, 3.05) is 37.4 Å². The maximum Gasteiger partial charge on any atom is 0.271 e. The summed E-state index contributed by atoms with van der Waals surface area (Å²) < 4.78 is 36.2. The van der Waals surface area contributed by atoms with Crippen molar-refractivity contribution in [1.29, 1.82) is 0 Å². The second-order valence-electron chi connectivity index (χ2n) is 7.09. The van der Waals surface area contributed by atoms with Crippen molar-refractivity contribution in [2.24, 2.45) is 0 Å². The number of hydrogen-bond acceptors (Lipinski definition) is 7. The van der Waals surface area contributed by atoms with Crippen molar-refractivity contribution < 1.29 is 27.6 Å². The van der Waals surface area contributed by atoms with Crippen LogP contribution in [0.2, 0.25) is 0 Å². The molecule has 1 amide bonds. The topological polar surface area (TPSA) is 128 Å². The van der Waals surface area contributed by atoms with Gasteiger partial charge in [0.2, 0.25) is 15.9 Å². The predicted molar refractivity (Wildman–Crippen MR) is 124 cm³/mol. The second kappa shape index (κ2) is 10.2. The van der Waals surface area contributed by atoms with Gasteiger partial charge in [-0.2, -0.15) is 0 Å². The number of amides is 1. The Labute approximate surface area is 190 Å². The van der Waals surface area contributed by atoms with Gasteiger partial charge in [0.15, 0.2) is 0 Å². The van der Waals surface area contributed by atoms with E-state index in [2.05, 4.69) is 5.32 Å². The number of carbonyl (C=O) groups excluding carboxylic acids is 1. The van der Waals surface area contributed by atoms with E-state index >= 15 is 0 Å². The number of ether oxygens (including phenoxy) is 2. The minimum atomic E-state index is -3.94. The first-order valence-electron chi connectivity index (χ1n) is 9.87. The Kier molecular flexibility index (Phi) is 7.34. The number of rotatable bonds is 10. The molecule has 0 atom stereocenters. The predicted octanol–water partition coefficient (Wildman–Crippen LogP) is 2.72. The molecule has 0 fully saturated rings. The van der Waals surface area contributed by atoms with Gasteiger partial charge >= 0.3 is 0 Å². The molecule has 0 aliphatic heterocycles. The molecule has 0 saturated heterocycles. The van der Waals surface area contributed by atoms with E-state index < -0.39 is 27.4 Å². The molecule has 174 valence electrons. The number of nitro groups is 1. The average molecular weight is 474 g/mol. The normalized spacial score (nSPS) is 11.1. The minimum absolute atomic E-state index is 0.0819. The largest absolute Gasteiger partial charge is 0.495 e. The molecule has 3 aromatic carbocycles. The fraction of sp³-hybridized carbons (Fsp3) is 0.227. The van der Waals surface area contributed by atoms with Crippen molar-refractivity contribution in [3.63, 3.8) is 0 Å². The Morgan fingerprint density at radius 3 is 2.48 bits per heavy atom. The van der Waals surface area contributed by atoms with Crippen LogP contribution in [0.4, 0.5) is 11.4 Å². The zero-order valence-corrected chi connectivity index (χ0v) is 18.9. The van der Waals surface area contributed by atoms with E-state index in [1.807, 2.05) is 42.5 Å². The van der Waals surface area contributed by atoms with Gasteiger partial charge in [-0.05, 0) is 29.0 Å². The van der Waals surface area contributed by atoms with Crippen molar-refractivity contribution in [3.8, 4) is 11.5 Å². The van der Waals surface area contributed by atoms with E-state index in [9.17, 15) is 23.3 Å². The van der Waals surface area contributed by atoms with E-state index in [0.29, 0.717) is 5.75 Å². The fourth-order valence-corrected chi connectivity index (χ4v) is 4.02. The number of benzene rings is 3. The molecule has 0 aliphatic carbocycles. The lowest BCUT2D eigenvalue weighted by atomic mass is 10.1. The molecule has 3 rings (SSSR count). The van der Waals surface area contributed by atoms with Crippen molar-refractivity contribution in [2.45, 2.75) is 0 Å². The summed E-state index contributed by atoms with van der Waals surface area (Å²) in [6.45, 7) is -0.273. The first-order chi connectivity index (χ1) is 15.7. The molecule has 0 aliphatic rings. The number of anilines is 1. The lowest BCUT2D eigenvalue weighted by Crippen LogP contribution is -2.41. The Bertz CT molecular complexity index is 1280. The van der Waals surface area contributed by atoms with Gasteiger partial charge in [0.1, 0.15) is 30.3 Å². The van der Waals surface area contributed by atoms with Crippen molar-refractivity contribution in [1.82, 2.24) is 5.32 Å². The molecule has 0 aromatic heterocycles. The maximum atomic E-state index is 12.4. The van der Waals surface area contributed by atoms with Crippen LogP contribution in [0.1, 0.15) is 0 Å². The molecule has 11 heteroatoms. The summed E-state index contributed by atoms with van der Waals surface area (Å²) in [6.07, 6.45) is 0.904. The summed E-state index contributed by atoms with van der Waals surface area (Å²) in [6, 6.07) is 17.0. The lowest BCUT2D eigenvalue weighted by Gasteiger charge is -2.23. The van der Waals surface area contributed by atoms with Crippen molar-refractivity contribution >= 4 is 38.1 Å². The zero-order chi connectivity index (χ0) is 24.0. The number of carbonyl (C=O) groups is 1. The quantitative estimate of drug-likeness (QED) is 0.272. The number of methoxy groups -OCH3 is 1. The van der Waals surface area contributed by atoms with Crippen LogP contribution in [-0.2, 0) is 14.8 Å². The van der Waals surface area contributed by atoms with Crippen LogP contribution in [-0.4, -0.2) is 52.3 Å². The summed E-state index contributed by atoms with van der Waals surface area (Å²) >= 11 is 0. The molecule has 0 spiro atoms. The third-order valence-electron chi connectivity index (χ3n) is 4.74. The molecule has 0 bridgehead atoms. The monoisotopic (exact) mass is 473 g/mol. The molecule has 10 nitrogen and oxygen atoms in total. The summed E-state index contributed by atoms with van der Waals surface area (Å²) in [5, 5.41) is 15.8. The molecular formula is C22H23N3O7S. The highest BCUT2D eigenvalue weighted by molar-refractivity contribution is 7.92. The second-order valence-corrected chi connectivity index (χ2v) is 9.00. The number of sulfonamides is 1. The number of hydrogen-bond donors (Lipinski definition) is 1. The zero-order valence-electron chi connectivity index (χ0n) is 18.1. The summed E-state index contributed by atoms with van der Waals surface area (Å²) in [7, 11) is -2.64. The minimum Gasteiger partial charge on any atom is -0.495 e. The van der Waals surface area contributed by atoms with Gasteiger partial charge in [0.05, 0.1) is 24.8 Å². The fourth-order valence-electron chi connectivity index (χ4n) is 3.17. The Balaban J connectivity index is 1.64. The highest BCUT2D eigenvalue weighted by Crippen LogP contribution is 2.33. The molecule has 3 aromatic rings. The Morgan fingerprint density at radius 2 is 1.82 bits per heavy atom. The van der Waals surface area contributed by atoms with E-state index in [-0.39, 0.29) is 30.3 Å². The number of fused-ring (bicyclic) bond motifs is 1. The van der Waals surface area contributed by atoms with Crippen LogP contribution >= 0.6 is 0 Å². The highest BCUT2D eigenvalue weighted by Gasteiger charge is 2.26. The highest BCUT2D eigenvalue weighted by atomic mass is 32.2. The average Bonchev–Trinajstić information content (AvgIpc) is 2.79. The van der Waals surface area contributed by atoms with Crippen LogP contribution in [0.5, 0.6) is 11.5 Å². The molecule has 1 N–H and O–H groups in total. The maximum absolute atomic E-state index is 12.4. The van der Waals surface area contributed by atoms with Gasteiger partial charge in [0, 0.05) is 12.1 Å². The van der Waals surface area contributed by atoms with Crippen molar-refractivity contribution in [3.05, 3.63) is 70.8 Å². The first-order valence-corrected chi connectivity index (χ1v) is 11.7. The lowest BCUT2D eigenvalue weighted by molar-refractivity contribution is -0.384. The van der Waals surface area contributed by atoms with Gasteiger partial charge < -0.3 is 14.8 Å². The van der Waals surface area contributed by atoms with Crippen LogP contribution < -0.4 is 19.1 Å². The number of nitro benzene ring substituents is 1. The van der Waals surface area contributed by atoms with Gasteiger partial charge in [-0.25, -0.2) is 8.42 Å². The van der Waals surface area contributed by atoms with E-state index in [4.69, 9.17) is 9.47 Å². The Morgan fingerprint density at radius 1 is 1.09 bits per heavy atom. The van der Waals surface area contributed by atoms with Gasteiger partial charge in [-0.3, -0.25) is 19.2 Å². The number of nitrogens with zero attached hydrogens (tertiary/aromatic N) is 2. The first kappa shape index (κ1) is 23.8. The number of nitrogens with one attached hydrogen (secondary N) is 1. The van der Waals surface area contributed by atoms with Gasteiger partial charge in [0.25, 0.3) is 5.69 Å². The summed E-state index contributed by atoms with van der Waals surface area (Å²) in [5.74, 6) is 0.122. The molecule has 0 radical (unpaired) electrons. The van der Waals surface area contributed by atoms with Crippen LogP contribution in [0.3, 0.4) is 0 Å². The molecular weight excluding hydrogens is 450 g/mol. The SMILES string of the molecule is COc1ccc([N+](=O)[O-])cc1N(CC(=O)NCCOc1ccc2ccccc2c1)S(C)(=O)=O. The smallest absolute Gasteiger partial charge is 0.271 e. The third-order valence-corrected chi connectivity index (χ3v) is 5.87. The van der Waals surface area contributed by atoms with Gasteiger partial charge in [-0.1, -0.05) is 30.3 Å². The van der Waals surface area contributed by atoms with E-state index in [0.717, 1.165) is 27.4 Å². The molecule has 0 unspecified atom stereocenters. The molecule has 0 heterocycles. The van der Waals surface area contributed by atoms with Crippen LogP contribution in [0, 0.1) is 10.1 Å². The standard InChI is InChI=1S/C22H23N3O7S/c1-31-21-10-8-18(25(27)28)14-20(21)24(33(2,29)30)15-22(26)23-11-12-32-19-9-7-16-5-3-4-6-17(16)13-19/h3-10,13-14H,11-12,15H2,1-2H3,(H,23,26). The molecule has 0 saturated carbocycles. The van der Waals surface area contributed by atoms with Gasteiger partial charge in [-0.15, -0.1) is 0 Å². The molecule has 33 heavy (non-hydrogen) atoms. The summed E-state index contributed by atoms with van der Waals surface area (Å²) in [4.78, 5) is 22.9. The number of non-ortho nitro benzene ring substituents is 1. The summed E-state index contributed by atoms with van der Waals surface area (Å²) in [5.41, 5.74) is -0.430. The van der Waals surface area contributed by atoms with E-state index in [1.54, 1.807) is 0 Å². The van der Waals surface area contributed by atoms with Crippen LogP contribution in [0.25, 0.3) is 10.8 Å². The Hall–Kier alpha value is -3.86.